The summed E-state index contributed by atoms with van der Waals surface area (Å²) in [5.41, 5.74) is 6.05. The van der Waals surface area contributed by atoms with Gasteiger partial charge in [-0.2, -0.15) is 0 Å². The molecule has 2 aliphatic carbocycles. The zero-order valence-corrected chi connectivity index (χ0v) is 32.5. The van der Waals surface area contributed by atoms with Gasteiger partial charge in [-0.15, -0.1) is 0 Å². The first kappa shape index (κ1) is 36.7. The Labute approximate surface area is 335 Å². The number of unbranched alkanes of at least 4 members (excludes halogenated alkanes) is 1. The van der Waals surface area contributed by atoms with Gasteiger partial charge >= 0.3 is 0 Å². The highest BCUT2D eigenvalue weighted by Crippen LogP contribution is 2.48. The maximum Gasteiger partial charge on any atom is 0.262 e. The zero-order valence-electron chi connectivity index (χ0n) is 32.5. The minimum absolute atomic E-state index is 0.104. The molecule has 10 rings (SSSR count). The van der Waals surface area contributed by atoms with Crippen LogP contribution < -0.4 is 15.0 Å². The second-order valence-corrected chi connectivity index (χ2v) is 16.6. The lowest BCUT2D eigenvalue weighted by Crippen LogP contribution is -2.54. The largest absolute Gasteiger partial charge is 0.474 e. The molecule has 2 saturated carbocycles. The normalized spacial score (nSPS) is 24.3. The van der Waals surface area contributed by atoms with Crippen molar-refractivity contribution >= 4 is 51.1 Å². The number of fused-ring (bicyclic) bond motifs is 4. The van der Waals surface area contributed by atoms with E-state index in [1.54, 1.807) is 12.1 Å². The summed E-state index contributed by atoms with van der Waals surface area (Å²) in [6.45, 7) is 4.09. The van der Waals surface area contributed by atoms with Gasteiger partial charge < -0.3 is 23.7 Å². The van der Waals surface area contributed by atoms with Gasteiger partial charge in [0.15, 0.2) is 0 Å². The van der Waals surface area contributed by atoms with Crippen LogP contribution in [0, 0.1) is 17.8 Å². The van der Waals surface area contributed by atoms with Crippen molar-refractivity contribution in [3.8, 4) is 17.0 Å². The van der Waals surface area contributed by atoms with E-state index in [9.17, 15) is 19.2 Å². The SMILES string of the molecule is Cn1c2ccncc2c2ccc(-c3ccc(OC4CC(OCCCCOC[C@@H]5CC5C5CN(c6ccc7c(c6)C(=O)N(C6CCC(=O)NC6=O)C7=O)C5)C4)nc3)cc21. The number of hydrogen-bond donors (Lipinski definition) is 1. The van der Waals surface area contributed by atoms with Gasteiger partial charge in [-0.1, -0.05) is 12.1 Å². The Hall–Kier alpha value is -5.66. The third kappa shape index (κ3) is 6.79. The number of nitrogens with zero attached hydrogens (tertiary/aromatic N) is 5. The first-order valence-corrected chi connectivity index (χ1v) is 20.5. The first-order valence-electron chi connectivity index (χ1n) is 20.5. The van der Waals surface area contributed by atoms with Crippen LogP contribution in [-0.2, 0) is 26.1 Å². The third-order valence-electron chi connectivity index (χ3n) is 12.9. The molecule has 3 aliphatic heterocycles. The Morgan fingerprint density at radius 2 is 1.64 bits per heavy atom. The lowest BCUT2D eigenvalue weighted by molar-refractivity contribution is -0.136. The van der Waals surface area contributed by atoms with E-state index in [-0.39, 0.29) is 31.0 Å². The van der Waals surface area contributed by atoms with Crippen molar-refractivity contribution in [2.75, 3.05) is 37.8 Å². The maximum atomic E-state index is 13.2. The number of benzene rings is 2. The first-order chi connectivity index (χ1) is 28.3. The molecule has 0 radical (unpaired) electrons. The molecule has 58 heavy (non-hydrogen) atoms. The van der Waals surface area contributed by atoms with E-state index in [4.69, 9.17) is 14.2 Å². The summed E-state index contributed by atoms with van der Waals surface area (Å²) in [5.74, 6) is 0.565. The molecule has 4 fully saturated rings. The maximum absolute atomic E-state index is 13.2. The molecule has 5 aliphatic rings. The third-order valence-corrected chi connectivity index (χ3v) is 12.9. The lowest BCUT2D eigenvalue weighted by atomic mass is 9.92. The Morgan fingerprint density at radius 3 is 2.47 bits per heavy atom. The van der Waals surface area contributed by atoms with Gasteiger partial charge in [0.1, 0.15) is 12.1 Å². The van der Waals surface area contributed by atoms with Crippen molar-refractivity contribution in [2.45, 2.75) is 63.2 Å². The van der Waals surface area contributed by atoms with Crippen LogP contribution in [0.1, 0.15) is 65.7 Å². The monoisotopic (exact) mass is 782 g/mol. The van der Waals surface area contributed by atoms with Gasteiger partial charge in [0.25, 0.3) is 11.8 Å². The van der Waals surface area contributed by atoms with Gasteiger partial charge in [-0.25, -0.2) is 4.98 Å². The van der Waals surface area contributed by atoms with Gasteiger partial charge in [0, 0.05) is 111 Å². The molecule has 2 saturated heterocycles. The molecular weight excluding hydrogens is 737 g/mol. The number of piperidine rings is 1. The average Bonchev–Trinajstić information content (AvgIpc) is 3.84. The molecule has 0 spiro atoms. The molecule has 13 nitrogen and oxygen atoms in total. The van der Waals surface area contributed by atoms with Crippen molar-refractivity contribution in [3.05, 3.63) is 84.3 Å². The Balaban J connectivity index is 0.591. The van der Waals surface area contributed by atoms with Crippen LogP contribution in [0.15, 0.2) is 73.2 Å². The van der Waals surface area contributed by atoms with E-state index in [2.05, 4.69) is 56.1 Å². The molecule has 3 atom stereocenters. The van der Waals surface area contributed by atoms with Crippen molar-refractivity contribution in [1.29, 1.82) is 0 Å². The van der Waals surface area contributed by atoms with Crippen LogP contribution in [0.2, 0.25) is 0 Å². The minimum Gasteiger partial charge on any atom is -0.474 e. The van der Waals surface area contributed by atoms with E-state index in [1.165, 1.54) is 22.8 Å². The van der Waals surface area contributed by atoms with Crippen molar-refractivity contribution < 1.29 is 33.4 Å². The molecule has 5 aromatic rings. The molecule has 6 heterocycles. The number of aromatic nitrogens is 3. The van der Waals surface area contributed by atoms with Gasteiger partial charge in [0.05, 0.1) is 22.7 Å². The standard InChI is InChI=1S/C45H46N6O7/c1-49-38-12-13-46-22-37(38)33-7-4-26(17-40(33)49)27-5-11-42(47-21-27)58-32-19-31(20-32)57-15-3-2-14-56-25-28-16-35(28)29-23-50(24-29)30-6-8-34-36(18-30)45(55)51(44(34)54)39-9-10-41(52)48-43(39)53/h4-8,11-13,17-18,21-22,28-29,31-32,35,39H,2-3,9-10,14-16,19-20,23-25H2,1H3,(H,48,52,53)/t28-,31?,32?,35?,39?/m0/s1. The quantitative estimate of drug-likeness (QED) is 0.110. The van der Waals surface area contributed by atoms with E-state index >= 15 is 0 Å². The summed E-state index contributed by atoms with van der Waals surface area (Å²) in [7, 11) is 2.09. The van der Waals surface area contributed by atoms with E-state index < -0.39 is 23.8 Å². The number of amides is 4. The molecule has 3 aromatic heterocycles. The van der Waals surface area contributed by atoms with Crippen LogP contribution >= 0.6 is 0 Å². The smallest absolute Gasteiger partial charge is 0.262 e. The van der Waals surface area contributed by atoms with Crippen LogP contribution in [0.4, 0.5) is 5.69 Å². The Morgan fingerprint density at radius 1 is 0.810 bits per heavy atom. The molecule has 0 bridgehead atoms. The van der Waals surface area contributed by atoms with E-state index in [0.29, 0.717) is 34.8 Å². The number of carbonyl (C=O) groups is 4. The fourth-order valence-electron chi connectivity index (χ4n) is 9.26. The number of imide groups is 2. The number of hydrogen-bond acceptors (Lipinski definition) is 10. The van der Waals surface area contributed by atoms with Crippen LogP contribution in [0.25, 0.3) is 32.9 Å². The number of rotatable bonds is 14. The Bertz CT molecular complexity index is 2440. The second kappa shape index (κ2) is 14.9. The lowest BCUT2D eigenvalue weighted by Gasteiger charge is -2.42. The highest BCUT2D eigenvalue weighted by molar-refractivity contribution is 6.23. The van der Waals surface area contributed by atoms with Gasteiger partial charge in [-0.05, 0) is 85.4 Å². The molecule has 4 amide bonds. The van der Waals surface area contributed by atoms with E-state index in [1.807, 2.05) is 36.8 Å². The zero-order chi connectivity index (χ0) is 39.5. The van der Waals surface area contributed by atoms with Crippen molar-refractivity contribution in [3.63, 3.8) is 0 Å². The predicted octanol–water partition coefficient (Wildman–Crippen LogP) is 5.69. The summed E-state index contributed by atoms with van der Waals surface area (Å²) in [4.78, 5) is 62.4. The summed E-state index contributed by atoms with van der Waals surface area (Å²) in [6.07, 6.45) is 11.1. The molecule has 2 aromatic carbocycles. The predicted molar refractivity (Wildman–Crippen MR) is 215 cm³/mol. The van der Waals surface area contributed by atoms with Gasteiger partial charge in [0.2, 0.25) is 17.7 Å². The number of aryl methyl sites for hydroxylation is 1. The fourth-order valence-corrected chi connectivity index (χ4v) is 9.26. The highest BCUT2D eigenvalue weighted by atomic mass is 16.5. The van der Waals surface area contributed by atoms with Crippen LogP contribution in [0.5, 0.6) is 5.88 Å². The second-order valence-electron chi connectivity index (χ2n) is 16.6. The molecule has 298 valence electrons. The summed E-state index contributed by atoms with van der Waals surface area (Å²) >= 11 is 0. The van der Waals surface area contributed by atoms with E-state index in [0.717, 1.165) is 85.7 Å². The number of pyridine rings is 2. The van der Waals surface area contributed by atoms with Gasteiger partial charge in [-0.3, -0.25) is 34.4 Å². The summed E-state index contributed by atoms with van der Waals surface area (Å²) in [5, 5.41) is 4.60. The number of nitrogens with one attached hydrogen (secondary N) is 1. The minimum atomic E-state index is -0.954. The van der Waals surface area contributed by atoms with Crippen molar-refractivity contribution in [1.82, 2.24) is 24.8 Å². The molecule has 1 N–H and O–H groups in total. The van der Waals surface area contributed by atoms with Crippen LogP contribution in [-0.4, -0.2) is 94.2 Å². The summed E-state index contributed by atoms with van der Waals surface area (Å²) < 4.78 is 20.5. The average molecular weight is 783 g/mol. The number of ether oxygens (including phenoxy) is 3. The van der Waals surface area contributed by atoms with Crippen LogP contribution in [0.3, 0.4) is 0 Å². The fraction of sp³-hybridized carbons (Fsp3) is 0.422. The number of anilines is 1. The number of carbonyl (C=O) groups excluding carboxylic acids is 4. The molecule has 13 heteroatoms. The molecule has 2 unspecified atom stereocenters. The highest BCUT2D eigenvalue weighted by Gasteiger charge is 2.48. The van der Waals surface area contributed by atoms with Crippen molar-refractivity contribution in [2.24, 2.45) is 24.8 Å². The Kier molecular flexibility index (Phi) is 9.44. The molecular formula is C45H46N6O7. The topological polar surface area (TPSA) is 145 Å². The summed E-state index contributed by atoms with van der Waals surface area (Å²) in [6, 6.07) is 17.0.